The summed E-state index contributed by atoms with van der Waals surface area (Å²) in [6.07, 6.45) is 0.620. The average Bonchev–Trinajstić information content (AvgIpc) is 2.37. The van der Waals surface area contributed by atoms with Crippen LogP contribution in [0.5, 0.6) is 5.75 Å². The number of rotatable bonds is 8. The lowest BCUT2D eigenvalue weighted by Gasteiger charge is -2.28. The maximum absolute atomic E-state index is 10.8. The third-order valence-corrected chi connectivity index (χ3v) is 3.28. The molecule has 1 rings (SSSR count). The predicted molar refractivity (Wildman–Crippen MR) is 85.8 cm³/mol. The summed E-state index contributed by atoms with van der Waals surface area (Å²) in [6.45, 7) is 9.92. The Morgan fingerprint density at radius 2 is 1.76 bits per heavy atom. The molecule has 1 atom stereocenters. The summed E-state index contributed by atoms with van der Waals surface area (Å²) >= 11 is 0. The van der Waals surface area contributed by atoms with Crippen molar-refractivity contribution < 1.29 is 14.6 Å². The Morgan fingerprint density at radius 3 is 2.38 bits per heavy atom. The Morgan fingerprint density at radius 1 is 1.10 bits per heavy atom. The van der Waals surface area contributed by atoms with Gasteiger partial charge in [0.1, 0.15) is 12.4 Å². The highest BCUT2D eigenvalue weighted by Crippen LogP contribution is 2.32. The molecule has 120 valence electrons. The van der Waals surface area contributed by atoms with Gasteiger partial charge < -0.3 is 19.9 Å². The zero-order chi connectivity index (χ0) is 15.9. The lowest BCUT2D eigenvalue weighted by molar-refractivity contribution is 0.0422. The summed E-state index contributed by atoms with van der Waals surface area (Å²) in [5, 5.41) is 14.2. The number of methoxy groups -OCH3 is 1. The first-order valence-corrected chi connectivity index (χ1v) is 7.45. The largest absolute Gasteiger partial charge is 0.491 e. The maximum atomic E-state index is 10.8. The lowest BCUT2D eigenvalue weighted by atomic mass is 9.91. The molecular formula is C17H29NO3. The normalized spacial score (nSPS) is 14.8. The molecular weight excluding hydrogens is 266 g/mol. The van der Waals surface area contributed by atoms with E-state index in [1.54, 1.807) is 7.11 Å². The molecule has 0 saturated carbocycles. The number of ether oxygens (including phenoxy) is 2. The van der Waals surface area contributed by atoms with Gasteiger partial charge in [-0.1, -0.05) is 18.2 Å². The molecule has 1 unspecified atom stereocenters. The summed E-state index contributed by atoms with van der Waals surface area (Å²) < 4.78 is 10.7. The molecule has 0 spiro atoms. The average molecular weight is 295 g/mol. The first-order valence-electron chi connectivity index (χ1n) is 7.45. The second-order valence-corrected chi connectivity index (χ2v) is 6.54. The van der Waals surface area contributed by atoms with Gasteiger partial charge in [0.2, 0.25) is 0 Å². The van der Waals surface area contributed by atoms with Crippen molar-refractivity contribution in [3.63, 3.8) is 0 Å². The molecule has 0 saturated heterocycles. The maximum Gasteiger partial charge on any atom is 0.125 e. The number of aliphatic hydroxyl groups is 1. The van der Waals surface area contributed by atoms with Gasteiger partial charge in [-0.15, -0.1) is 0 Å². The summed E-state index contributed by atoms with van der Waals surface area (Å²) in [7, 11) is 1.64. The number of hydrogen-bond acceptors (Lipinski definition) is 4. The second-order valence-electron chi connectivity index (χ2n) is 6.54. The van der Waals surface area contributed by atoms with E-state index in [0.717, 1.165) is 17.9 Å². The van der Waals surface area contributed by atoms with Crippen LogP contribution in [0.4, 0.5) is 0 Å². The van der Waals surface area contributed by atoms with E-state index in [9.17, 15) is 5.11 Å². The third-order valence-electron chi connectivity index (χ3n) is 3.28. The number of hydrogen-bond donors (Lipinski definition) is 2. The fraction of sp³-hybridized carbons (Fsp3) is 0.647. The molecule has 0 fully saturated rings. The van der Waals surface area contributed by atoms with E-state index in [2.05, 4.69) is 26.1 Å². The topological polar surface area (TPSA) is 50.7 Å². The Labute approximate surface area is 128 Å². The highest BCUT2D eigenvalue weighted by atomic mass is 16.5. The standard InChI is InChI=1S/C17H29NO3/c1-16(2,3)18-11-10-17(4,19)14-8-6-7-9-15(14)21-13-12-20-5/h6-9,18-19H,10-13H2,1-5H3. The van der Waals surface area contributed by atoms with E-state index in [1.807, 2.05) is 31.2 Å². The van der Waals surface area contributed by atoms with Gasteiger partial charge in [-0.25, -0.2) is 0 Å². The van der Waals surface area contributed by atoms with E-state index in [-0.39, 0.29) is 5.54 Å². The van der Waals surface area contributed by atoms with Gasteiger partial charge >= 0.3 is 0 Å². The van der Waals surface area contributed by atoms with Crippen LogP contribution in [0.1, 0.15) is 39.7 Å². The smallest absolute Gasteiger partial charge is 0.125 e. The van der Waals surface area contributed by atoms with E-state index >= 15 is 0 Å². The Bertz CT molecular complexity index is 424. The quantitative estimate of drug-likeness (QED) is 0.724. The summed E-state index contributed by atoms with van der Waals surface area (Å²) in [5.74, 6) is 0.718. The molecule has 0 radical (unpaired) electrons. The van der Waals surface area contributed by atoms with Gasteiger partial charge in [0.25, 0.3) is 0 Å². The van der Waals surface area contributed by atoms with Crippen molar-refractivity contribution in [1.82, 2.24) is 5.32 Å². The molecule has 21 heavy (non-hydrogen) atoms. The summed E-state index contributed by atoms with van der Waals surface area (Å²) in [4.78, 5) is 0. The van der Waals surface area contributed by atoms with Crippen molar-refractivity contribution in [1.29, 1.82) is 0 Å². The number of benzene rings is 1. The van der Waals surface area contributed by atoms with Crippen LogP contribution < -0.4 is 10.1 Å². The van der Waals surface area contributed by atoms with E-state index in [4.69, 9.17) is 9.47 Å². The van der Waals surface area contributed by atoms with Crippen LogP contribution in [0.2, 0.25) is 0 Å². The van der Waals surface area contributed by atoms with Crippen molar-refractivity contribution in [2.75, 3.05) is 26.9 Å². The molecule has 4 heteroatoms. The van der Waals surface area contributed by atoms with Crippen LogP contribution in [-0.2, 0) is 10.3 Å². The van der Waals surface area contributed by atoms with Crippen molar-refractivity contribution in [3.05, 3.63) is 29.8 Å². The monoisotopic (exact) mass is 295 g/mol. The molecule has 1 aromatic carbocycles. The molecule has 0 heterocycles. The molecule has 0 bridgehead atoms. The summed E-state index contributed by atoms with van der Waals surface area (Å²) in [5.41, 5.74) is -0.0660. The van der Waals surface area contributed by atoms with Gasteiger partial charge in [-0.3, -0.25) is 0 Å². The van der Waals surface area contributed by atoms with Gasteiger partial charge in [-0.05, 0) is 46.7 Å². The molecule has 0 aliphatic rings. The lowest BCUT2D eigenvalue weighted by Crippen LogP contribution is -2.39. The fourth-order valence-electron chi connectivity index (χ4n) is 2.09. The highest BCUT2D eigenvalue weighted by molar-refractivity contribution is 5.37. The predicted octanol–water partition coefficient (Wildman–Crippen LogP) is 2.70. The minimum atomic E-state index is -0.929. The molecule has 0 aliphatic heterocycles. The molecule has 0 aromatic heterocycles. The van der Waals surface area contributed by atoms with Gasteiger partial charge in [0.15, 0.2) is 0 Å². The van der Waals surface area contributed by atoms with E-state index in [0.29, 0.717) is 19.6 Å². The summed E-state index contributed by atoms with van der Waals surface area (Å²) in [6, 6.07) is 7.63. The van der Waals surface area contributed by atoms with E-state index in [1.165, 1.54) is 0 Å². The Balaban J connectivity index is 2.72. The van der Waals surface area contributed by atoms with Gasteiger partial charge in [0, 0.05) is 18.2 Å². The first kappa shape index (κ1) is 18.0. The molecule has 2 N–H and O–H groups in total. The first-order chi connectivity index (χ1) is 9.76. The van der Waals surface area contributed by atoms with Crippen molar-refractivity contribution >= 4 is 0 Å². The third kappa shape index (κ3) is 6.46. The zero-order valence-corrected chi connectivity index (χ0v) is 13.9. The van der Waals surface area contributed by atoms with Crippen molar-refractivity contribution in [3.8, 4) is 5.75 Å². The van der Waals surface area contributed by atoms with Crippen LogP contribution in [-0.4, -0.2) is 37.5 Å². The van der Waals surface area contributed by atoms with Crippen LogP contribution >= 0.6 is 0 Å². The van der Waals surface area contributed by atoms with Crippen molar-refractivity contribution in [2.24, 2.45) is 0 Å². The second kappa shape index (κ2) is 7.78. The zero-order valence-electron chi connectivity index (χ0n) is 13.9. The molecule has 0 amide bonds. The van der Waals surface area contributed by atoms with Crippen LogP contribution in [0, 0.1) is 0 Å². The van der Waals surface area contributed by atoms with Gasteiger partial charge in [0.05, 0.1) is 12.2 Å². The SMILES string of the molecule is COCCOc1ccccc1C(C)(O)CCNC(C)(C)C. The van der Waals surface area contributed by atoms with Crippen LogP contribution in [0.15, 0.2) is 24.3 Å². The molecule has 4 nitrogen and oxygen atoms in total. The Hall–Kier alpha value is -1.10. The van der Waals surface area contributed by atoms with Crippen LogP contribution in [0.3, 0.4) is 0 Å². The highest BCUT2D eigenvalue weighted by Gasteiger charge is 2.26. The van der Waals surface area contributed by atoms with Crippen LogP contribution in [0.25, 0.3) is 0 Å². The Kier molecular flexibility index (Phi) is 6.65. The minimum Gasteiger partial charge on any atom is -0.491 e. The molecule has 1 aromatic rings. The van der Waals surface area contributed by atoms with E-state index < -0.39 is 5.60 Å². The number of para-hydroxylation sites is 1. The fourth-order valence-corrected chi connectivity index (χ4v) is 2.09. The minimum absolute atomic E-state index is 0.0462. The van der Waals surface area contributed by atoms with Crippen molar-refractivity contribution in [2.45, 2.75) is 45.3 Å². The number of nitrogens with one attached hydrogen (secondary N) is 1. The van der Waals surface area contributed by atoms with Gasteiger partial charge in [-0.2, -0.15) is 0 Å². The molecule has 0 aliphatic carbocycles.